The molecule has 0 bridgehead atoms. The molecule has 1 unspecified atom stereocenters. The third kappa shape index (κ3) is 5.84. The molecule has 1 aliphatic heterocycles. The number of aromatic nitrogens is 3. The number of hydrogen-bond donors (Lipinski definition) is 2. The number of fused-ring (bicyclic) bond motifs is 2. The van der Waals surface area contributed by atoms with E-state index >= 15 is 0 Å². The van der Waals surface area contributed by atoms with E-state index in [1.807, 2.05) is 18.2 Å². The lowest BCUT2D eigenvalue weighted by Crippen LogP contribution is -2.47. The van der Waals surface area contributed by atoms with Crippen LogP contribution in [-0.4, -0.2) is 77.1 Å². The quantitative estimate of drug-likeness (QED) is 0.331. The molecular weight excluding hydrogens is 514 g/mol. The second-order valence-electron chi connectivity index (χ2n) is 11.2. The molecule has 2 aliphatic rings. The maximum atomic E-state index is 13.0. The van der Waals surface area contributed by atoms with Crippen LogP contribution in [-0.2, 0) is 22.5 Å². The molecule has 0 radical (unpaired) electrons. The van der Waals surface area contributed by atoms with E-state index in [9.17, 15) is 4.79 Å². The Hall–Kier alpha value is -3.79. The molecule has 214 valence electrons. The topological polar surface area (TPSA) is 87.5 Å². The highest BCUT2D eigenvalue weighted by molar-refractivity contribution is 6.02. The van der Waals surface area contributed by atoms with Gasteiger partial charge in [-0.2, -0.15) is 4.98 Å². The standard InChI is InChI=1S/C32H39N7O2/c1-22-19-25-26(34-29(40)21-38-17-15-37(2)16-18-38)12-8-13-27(25)39(22)32-35-30-24(11-7-14-28(30)41-3)31(36-32)33-20-23-9-5-4-6-10-23/h4-6,8-10,12-13,19,28H,7,11,14-18,20-21H2,1-3H3,(H,34,40)(H,33,35,36). The SMILES string of the molecule is COC1CCCc2c(NCc3ccccc3)nc(-n3c(C)cc4c(NC(=O)CN5CCN(C)CC5)cccc43)nc21. The number of amides is 1. The van der Waals surface area contributed by atoms with Gasteiger partial charge in [-0.3, -0.25) is 14.3 Å². The van der Waals surface area contributed by atoms with E-state index in [-0.39, 0.29) is 12.0 Å². The van der Waals surface area contributed by atoms with Gasteiger partial charge in [-0.15, -0.1) is 0 Å². The number of hydrogen-bond acceptors (Lipinski definition) is 7. The number of carbonyl (C=O) groups excluding carboxylic acids is 1. The first-order chi connectivity index (χ1) is 20.0. The Balaban J connectivity index is 1.33. The lowest BCUT2D eigenvalue weighted by molar-refractivity contribution is -0.117. The molecule has 0 saturated carbocycles. The molecule has 41 heavy (non-hydrogen) atoms. The van der Waals surface area contributed by atoms with Gasteiger partial charge in [-0.25, -0.2) is 4.98 Å². The lowest BCUT2D eigenvalue weighted by Gasteiger charge is -2.31. The first-order valence-electron chi connectivity index (χ1n) is 14.5. The van der Waals surface area contributed by atoms with Crippen molar-refractivity contribution in [2.45, 2.75) is 38.8 Å². The Bertz CT molecular complexity index is 1530. The van der Waals surface area contributed by atoms with Gasteiger partial charge in [0.1, 0.15) is 5.82 Å². The van der Waals surface area contributed by atoms with E-state index in [1.54, 1.807) is 7.11 Å². The van der Waals surface area contributed by atoms with Crippen LogP contribution in [0.1, 0.15) is 41.5 Å². The van der Waals surface area contributed by atoms with Crippen LogP contribution >= 0.6 is 0 Å². The summed E-state index contributed by atoms with van der Waals surface area (Å²) in [4.78, 5) is 27.7. The zero-order chi connectivity index (χ0) is 28.3. The molecule has 1 atom stereocenters. The van der Waals surface area contributed by atoms with E-state index in [1.165, 1.54) is 5.56 Å². The Labute approximate surface area is 241 Å². The van der Waals surface area contributed by atoms with Crippen molar-refractivity contribution >= 4 is 28.3 Å². The first-order valence-corrected chi connectivity index (χ1v) is 14.5. The zero-order valence-electron chi connectivity index (χ0n) is 24.2. The Morgan fingerprint density at radius 2 is 1.85 bits per heavy atom. The van der Waals surface area contributed by atoms with Gasteiger partial charge in [0.15, 0.2) is 0 Å². The van der Waals surface area contributed by atoms with Crippen LogP contribution in [0.15, 0.2) is 54.6 Å². The predicted octanol–water partition coefficient (Wildman–Crippen LogP) is 4.55. The fraction of sp³-hybridized carbons (Fsp3) is 0.406. The lowest BCUT2D eigenvalue weighted by atomic mass is 9.93. The van der Waals surface area contributed by atoms with Gasteiger partial charge >= 0.3 is 0 Å². The van der Waals surface area contributed by atoms with Gasteiger partial charge in [0.25, 0.3) is 0 Å². The molecule has 3 heterocycles. The van der Waals surface area contributed by atoms with Gasteiger partial charge in [-0.05, 0) is 57.0 Å². The average Bonchev–Trinajstić information content (AvgIpc) is 3.33. The summed E-state index contributed by atoms with van der Waals surface area (Å²) in [5, 5.41) is 7.74. The molecule has 0 spiro atoms. The highest BCUT2D eigenvalue weighted by Crippen LogP contribution is 2.36. The Kier molecular flexibility index (Phi) is 8.00. The molecule has 9 heteroatoms. The number of likely N-dealkylation sites (N-methyl/N-ethyl adjacent to an activating group) is 1. The molecule has 1 amide bonds. The molecule has 2 N–H and O–H groups in total. The van der Waals surface area contributed by atoms with E-state index in [4.69, 9.17) is 14.7 Å². The van der Waals surface area contributed by atoms with Crippen LogP contribution in [0.3, 0.4) is 0 Å². The van der Waals surface area contributed by atoms with Crippen LogP contribution in [0.5, 0.6) is 0 Å². The number of aryl methyl sites for hydroxylation is 1. The third-order valence-electron chi connectivity index (χ3n) is 8.28. The minimum atomic E-state index is -0.0654. The van der Waals surface area contributed by atoms with Crippen molar-refractivity contribution in [1.82, 2.24) is 24.3 Å². The van der Waals surface area contributed by atoms with Gasteiger partial charge in [-0.1, -0.05) is 36.4 Å². The number of carbonyl (C=O) groups is 1. The third-order valence-corrected chi connectivity index (χ3v) is 8.28. The Morgan fingerprint density at radius 1 is 1.05 bits per heavy atom. The molecule has 2 aromatic carbocycles. The zero-order valence-corrected chi connectivity index (χ0v) is 24.2. The van der Waals surface area contributed by atoms with E-state index in [0.717, 1.165) is 84.8 Å². The molecular formula is C32H39N7O2. The van der Waals surface area contributed by atoms with Crippen molar-refractivity contribution in [1.29, 1.82) is 0 Å². The van der Waals surface area contributed by atoms with Crippen LogP contribution in [0.4, 0.5) is 11.5 Å². The molecule has 6 rings (SSSR count). The van der Waals surface area contributed by atoms with Gasteiger partial charge in [0.05, 0.1) is 29.5 Å². The number of ether oxygens (including phenoxy) is 1. The van der Waals surface area contributed by atoms with Gasteiger partial charge in [0, 0.05) is 56.5 Å². The van der Waals surface area contributed by atoms with Crippen molar-refractivity contribution in [2.24, 2.45) is 0 Å². The van der Waals surface area contributed by atoms with Gasteiger partial charge < -0.3 is 20.3 Å². The summed E-state index contributed by atoms with van der Waals surface area (Å²) in [6.45, 7) is 6.91. The van der Waals surface area contributed by atoms with E-state index < -0.39 is 0 Å². The number of methoxy groups -OCH3 is 1. The van der Waals surface area contributed by atoms with Crippen LogP contribution in [0.25, 0.3) is 16.9 Å². The minimum absolute atomic E-state index is 0.00724. The predicted molar refractivity (Wildman–Crippen MR) is 163 cm³/mol. The average molecular weight is 554 g/mol. The van der Waals surface area contributed by atoms with Crippen LogP contribution in [0.2, 0.25) is 0 Å². The second kappa shape index (κ2) is 12.0. The maximum absolute atomic E-state index is 13.0. The fourth-order valence-corrected chi connectivity index (χ4v) is 6.00. The number of piperazine rings is 1. The van der Waals surface area contributed by atoms with Gasteiger partial charge in [0.2, 0.25) is 11.9 Å². The highest BCUT2D eigenvalue weighted by atomic mass is 16.5. The molecule has 9 nitrogen and oxygen atoms in total. The van der Waals surface area contributed by atoms with Crippen LogP contribution in [0, 0.1) is 6.92 Å². The monoisotopic (exact) mass is 553 g/mol. The Morgan fingerprint density at radius 3 is 2.63 bits per heavy atom. The van der Waals surface area contributed by atoms with E-state index in [2.05, 4.69) is 75.4 Å². The summed E-state index contributed by atoms with van der Waals surface area (Å²) < 4.78 is 7.96. The van der Waals surface area contributed by atoms with E-state index in [0.29, 0.717) is 19.0 Å². The van der Waals surface area contributed by atoms with Crippen molar-refractivity contribution in [3.63, 3.8) is 0 Å². The normalized spacial score (nSPS) is 17.9. The minimum Gasteiger partial charge on any atom is -0.375 e. The number of nitrogens with zero attached hydrogens (tertiary/aromatic N) is 5. The molecule has 1 aliphatic carbocycles. The van der Waals surface area contributed by atoms with Crippen LogP contribution < -0.4 is 10.6 Å². The molecule has 2 aromatic heterocycles. The molecule has 4 aromatic rings. The molecule has 1 fully saturated rings. The van der Waals surface area contributed by atoms with Crippen molar-refractivity contribution in [3.05, 3.63) is 77.1 Å². The fourth-order valence-electron chi connectivity index (χ4n) is 6.00. The number of benzene rings is 2. The van der Waals surface area contributed by atoms with Crippen molar-refractivity contribution in [2.75, 3.05) is 57.5 Å². The number of anilines is 2. The summed E-state index contributed by atoms with van der Waals surface area (Å²) >= 11 is 0. The van der Waals surface area contributed by atoms with Crippen molar-refractivity contribution in [3.8, 4) is 5.95 Å². The number of nitrogens with one attached hydrogen (secondary N) is 2. The largest absolute Gasteiger partial charge is 0.375 e. The summed E-state index contributed by atoms with van der Waals surface area (Å²) in [5.41, 5.74) is 6.04. The number of rotatable bonds is 8. The summed E-state index contributed by atoms with van der Waals surface area (Å²) in [7, 11) is 3.88. The summed E-state index contributed by atoms with van der Waals surface area (Å²) in [6, 6.07) is 18.5. The first kappa shape index (κ1) is 27.4. The maximum Gasteiger partial charge on any atom is 0.238 e. The second-order valence-corrected chi connectivity index (χ2v) is 11.2. The van der Waals surface area contributed by atoms with Crippen molar-refractivity contribution < 1.29 is 9.53 Å². The molecule has 1 saturated heterocycles. The summed E-state index contributed by atoms with van der Waals surface area (Å²) in [6.07, 6.45) is 2.83. The highest BCUT2D eigenvalue weighted by Gasteiger charge is 2.27. The smallest absolute Gasteiger partial charge is 0.238 e. The summed E-state index contributed by atoms with van der Waals surface area (Å²) in [5.74, 6) is 1.47.